The molecule has 0 saturated carbocycles. The number of aliphatic hydroxyl groups is 1. The molecule has 0 aliphatic rings. The largest absolute Gasteiger partial charge is 0.469 e. The van der Waals surface area contributed by atoms with E-state index in [9.17, 15) is 4.79 Å². The molecule has 0 aliphatic heterocycles. The predicted molar refractivity (Wildman–Crippen MR) is 28.3 cm³/mol. The molecular weight excluding hydrogens is 108 g/mol. The molecule has 0 rings (SSSR count). The molecule has 0 aromatic heterocycles. The molecule has 3 nitrogen and oxygen atoms in total. The van der Waals surface area contributed by atoms with Crippen molar-refractivity contribution in [2.75, 3.05) is 7.11 Å². The summed E-state index contributed by atoms with van der Waals surface area (Å²) < 4.78 is 4.26. The van der Waals surface area contributed by atoms with Gasteiger partial charge in [-0.15, -0.1) is 0 Å². The van der Waals surface area contributed by atoms with E-state index in [2.05, 4.69) is 4.74 Å². The van der Waals surface area contributed by atoms with Gasteiger partial charge in [0.2, 0.25) is 0 Å². The van der Waals surface area contributed by atoms with Crippen molar-refractivity contribution < 1.29 is 14.6 Å². The van der Waals surface area contributed by atoms with Gasteiger partial charge in [0.25, 0.3) is 0 Å². The van der Waals surface area contributed by atoms with E-state index in [0.29, 0.717) is 0 Å². The van der Waals surface area contributed by atoms with Gasteiger partial charge in [-0.1, -0.05) is 0 Å². The molecule has 0 heterocycles. The van der Waals surface area contributed by atoms with Crippen LogP contribution in [0.15, 0.2) is 0 Å². The number of esters is 1. The van der Waals surface area contributed by atoms with Crippen LogP contribution in [0.3, 0.4) is 0 Å². The number of rotatable bonds is 2. The van der Waals surface area contributed by atoms with Crippen molar-refractivity contribution >= 4 is 5.97 Å². The van der Waals surface area contributed by atoms with Gasteiger partial charge in [-0.3, -0.25) is 4.79 Å². The van der Waals surface area contributed by atoms with Gasteiger partial charge in [-0.25, -0.2) is 0 Å². The second-order valence-corrected chi connectivity index (χ2v) is 1.63. The molecule has 0 aromatic carbocycles. The molecule has 0 amide bonds. The van der Waals surface area contributed by atoms with E-state index in [-0.39, 0.29) is 12.4 Å². The smallest absolute Gasteiger partial charge is 0.308 e. The summed E-state index contributed by atoms with van der Waals surface area (Å²) >= 11 is 0. The molecule has 1 N–H and O–H groups in total. The molecule has 0 fully saturated rings. The molecule has 1 atom stereocenters. The molecule has 0 spiro atoms. The number of carbonyl (C=O) groups excluding carboxylic acids is 1. The molecular formula is C5H10O3. The molecule has 8 heavy (non-hydrogen) atoms. The van der Waals surface area contributed by atoms with Gasteiger partial charge < -0.3 is 9.84 Å². The third-order valence-electron chi connectivity index (χ3n) is 0.690. The quantitative estimate of drug-likeness (QED) is 0.516. The van der Waals surface area contributed by atoms with Crippen molar-refractivity contribution in [3.05, 3.63) is 0 Å². The monoisotopic (exact) mass is 118 g/mol. The summed E-state index contributed by atoms with van der Waals surface area (Å²) in [6, 6.07) is 0. The Morgan fingerprint density at radius 2 is 2.38 bits per heavy atom. The zero-order valence-electron chi connectivity index (χ0n) is 5.05. The number of aliphatic hydroxyl groups excluding tert-OH is 1. The molecule has 3 heteroatoms. The van der Waals surface area contributed by atoms with Crippen molar-refractivity contribution in [2.24, 2.45) is 0 Å². The summed E-state index contributed by atoms with van der Waals surface area (Å²) in [5.41, 5.74) is 0. The number of ether oxygens (including phenoxy) is 1. The lowest BCUT2D eigenvalue weighted by atomic mass is 10.3. The van der Waals surface area contributed by atoms with Gasteiger partial charge in [-0.05, 0) is 6.92 Å². The Bertz CT molecular complexity index is 77.7. The van der Waals surface area contributed by atoms with Gasteiger partial charge >= 0.3 is 5.97 Å². The topological polar surface area (TPSA) is 46.5 Å². The van der Waals surface area contributed by atoms with E-state index in [4.69, 9.17) is 5.11 Å². The Morgan fingerprint density at radius 3 is 2.50 bits per heavy atom. The maximum atomic E-state index is 10.2. The Hall–Kier alpha value is -0.570. The summed E-state index contributed by atoms with van der Waals surface area (Å²) in [5, 5.41) is 8.55. The first-order chi connectivity index (χ1) is 3.66. The Morgan fingerprint density at radius 1 is 1.88 bits per heavy atom. The summed E-state index contributed by atoms with van der Waals surface area (Å²) in [6.45, 7) is 1.54. The molecule has 0 radical (unpaired) electrons. The molecule has 48 valence electrons. The first-order valence-corrected chi connectivity index (χ1v) is 2.41. The minimum atomic E-state index is -0.595. The van der Waals surface area contributed by atoms with Gasteiger partial charge in [0.15, 0.2) is 0 Å². The van der Waals surface area contributed by atoms with E-state index < -0.39 is 6.10 Å². The third-order valence-corrected chi connectivity index (χ3v) is 0.690. The normalized spacial score (nSPS) is 12.9. The van der Waals surface area contributed by atoms with Crippen molar-refractivity contribution in [3.63, 3.8) is 0 Å². The van der Waals surface area contributed by atoms with Crippen LogP contribution >= 0.6 is 0 Å². The highest BCUT2D eigenvalue weighted by Gasteiger charge is 2.03. The number of hydrogen-bond acceptors (Lipinski definition) is 3. The highest BCUT2D eigenvalue weighted by molar-refractivity contribution is 5.69. The Labute approximate surface area is 48.3 Å². The lowest BCUT2D eigenvalue weighted by Gasteiger charge is -1.99. The van der Waals surface area contributed by atoms with Crippen LogP contribution in [0, 0.1) is 0 Å². The fourth-order valence-corrected chi connectivity index (χ4v) is 0.325. The van der Waals surface area contributed by atoms with Crippen LogP contribution in [0.1, 0.15) is 13.3 Å². The molecule has 0 bridgehead atoms. The van der Waals surface area contributed by atoms with Gasteiger partial charge in [0.05, 0.1) is 19.6 Å². The average molecular weight is 118 g/mol. The highest BCUT2D eigenvalue weighted by atomic mass is 16.5. The second-order valence-electron chi connectivity index (χ2n) is 1.63. The van der Waals surface area contributed by atoms with Crippen molar-refractivity contribution in [2.45, 2.75) is 19.4 Å². The van der Waals surface area contributed by atoms with E-state index in [1.165, 1.54) is 14.0 Å². The zero-order chi connectivity index (χ0) is 6.57. The first-order valence-electron chi connectivity index (χ1n) is 2.41. The van der Waals surface area contributed by atoms with E-state index in [1.807, 2.05) is 0 Å². The summed E-state index contributed by atoms with van der Waals surface area (Å²) in [7, 11) is 1.30. The van der Waals surface area contributed by atoms with Crippen LogP contribution in [-0.2, 0) is 9.53 Å². The van der Waals surface area contributed by atoms with Crippen LogP contribution < -0.4 is 0 Å². The van der Waals surface area contributed by atoms with Crippen LogP contribution in [0.25, 0.3) is 0 Å². The zero-order valence-corrected chi connectivity index (χ0v) is 5.05. The van der Waals surface area contributed by atoms with Gasteiger partial charge in [0, 0.05) is 0 Å². The number of methoxy groups -OCH3 is 1. The van der Waals surface area contributed by atoms with Crippen molar-refractivity contribution in [1.82, 2.24) is 0 Å². The maximum Gasteiger partial charge on any atom is 0.308 e. The van der Waals surface area contributed by atoms with E-state index >= 15 is 0 Å². The maximum absolute atomic E-state index is 10.2. The standard InChI is InChI=1S/C5H10O3/c1-4(6)3-5(7)8-2/h4,6H,3H2,1-2H3. The first kappa shape index (κ1) is 7.43. The average Bonchev–Trinajstić information content (AvgIpc) is 1.65. The number of hydrogen-bond donors (Lipinski definition) is 1. The fraction of sp³-hybridized carbons (Fsp3) is 0.800. The van der Waals surface area contributed by atoms with Crippen molar-refractivity contribution in [3.8, 4) is 0 Å². The molecule has 0 saturated heterocycles. The minimum Gasteiger partial charge on any atom is -0.469 e. The van der Waals surface area contributed by atoms with E-state index in [0.717, 1.165) is 0 Å². The highest BCUT2D eigenvalue weighted by Crippen LogP contribution is 1.89. The van der Waals surface area contributed by atoms with Crippen LogP contribution in [0.5, 0.6) is 0 Å². The molecule has 1 unspecified atom stereocenters. The minimum absolute atomic E-state index is 0.0799. The van der Waals surface area contributed by atoms with Gasteiger partial charge in [0.1, 0.15) is 0 Å². The predicted octanol–water partition coefficient (Wildman–Crippen LogP) is -0.0697. The molecule has 0 aromatic rings. The lowest BCUT2D eigenvalue weighted by molar-refractivity contribution is -0.142. The Balaban J connectivity index is 3.25. The Kier molecular flexibility index (Phi) is 3.19. The summed E-state index contributed by atoms with van der Waals surface area (Å²) in [4.78, 5) is 10.2. The third kappa shape index (κ3) is 3.61. The molecule has 0 aliphatic carbocycles. The SMILES string of the molecule is COC(=O)CC(C)O. The van der Waals surface area contributed by atoms with E-state index in [1.54, 1.807) is 0 Å². The lowest BCUT2D eigenvalue weighted by Crippen LogP contribution is -2.10. The van der Waals surface area contributed by atoms with Crippen LogP contribution in [0.4, 0.5) is 0 Å². The summed E-state index contributed by atoms with van der Waals surface area (Å²) in [5.74, 6) is -0.375. The van der Waals surface area contributed by atoms with Crippen LogP contribution in [-0.4, -0.2) is 24.3 Å². The second kappa shape index (κ2) is 3.43. The van der Waals surface area contributed by atoms with Crippen LogP contribution in [0.2, 0.25) is 0 Å². The van der Waals surface area contributed by atoms with Gasteiger partial charge in [-0.2, -0.15) is 0 Å². The van der Waals surface area contributed by atoms with Crippen molar-refractivity contribution in [1.29, 1.82) is 0 Å². The number of carbonyl (C=O) groups is 1. The fourth-order valence-electron chi connectivity index (χ4n) is 0.325. The summed E-state index contributed by atoms with van der Waals surface area (Å²) in [6.07, 6.45) is -0.515.